The maximum atomic E-state index is 11.6. The van der Waals surface area contributed by atoms with Crippen LogP contribution in [0.4, 0.5) is 0 Å². The van der Waals surface area contributed by atoms with Crippen LogP contribution in [0.3, 0.4) is 0 Å². The number of carbonyl (C=O) groups excluding carboxylic acids is 2. The molecule has 5 nitrogen and oxygen atoms in total. The van der Waals surface area contributed by atoms with E-state index in [-0.39, 0.29) is 18.0 Å². The lowest BCUT2D eigenvalue weighted by Gasteiger charge is -2.42. The number of likely N-dealkylation sites (tertiary alicyclic amines) is 1. The van der Waals surface area contributed by atoms with Gasteiger partial charge in [-0.05, 0) is 19.3 Å². The lowest BCUT2D eigenvalue weighted by atomic mass is 9.90. The van der Waals surface area contributed by atoms with Gasteiger partial charge >= 0.3 is 11.9 Å². The zero-order valence-electron chi connectivity index (χ0n) is 14.3. The van der Waals surface area contributed by atoms with Crippen LogP contribution >= 0.6 is 0 Å². The number of piperidine rings is 1. The van der Waals surface area contributed by atoms with Crippen LogP contribution in [-0.4, -0.2) is 49.2 Å². The first-order chi connectivity index (χ1) is 10.6. The summed E-state index contributed by atoms with van der Waals surface area (Å²) in [5, 5.41) is 0. The Morgan fingerprint density at radius 2 is 1.91 bits per heavy atom. The van der Waals surface area contributed by atoms with Crippen molar-refractivity contribution < 1.29 is 19.1 Å². The van der Waals surface area contributed by atoms with Gasteiger partial charge in [0.25, 0.3) is 0 Å². The van der Waals surface area contributed by atoms with Crippen LogP contribution in [0.5, 0.6) is 0 Å². The molecular weight excluding hydrogens is 282 g/mol. The van der Waals surface area contributed by atoms with Gasteiger partial charge in [-0.3, -0.25) is 14.5 Å². The smallest absolute Gasteiger partial charge is 0.307 e. The Balaban J connectivity index is 2.61. The van der Waals surface area contributed by atoms with Crippen molar-refractivity contribution in [2.75, 3.05) is 20.3 Å². The number of methoxy groups -OCH3 is 1. The van der Waals surface area contributed by atoms with E-state index in [1.54, 1.807) is 0 Å². The van der Waals surface area contributed by atoms with E-state index in [1.807, 2.05) is 0 Å². The summed E-state index contributed by atoms with van der Waals surface area (Å²) < 4.78 is 9.93. The van der Waals surface area contributed by atoms with Crippen LogP contribution in [0.1, 0.15) is 65.2 Å². The molecule has 0 amide bonds. The highest BCUT2D eigenvalue weighted by Gasteiger charge is 2.31. The highest BCUT2D eigenvalue weighted by molar-refractivity contribution is 5.70. The average molecular weight is 313 g/mol. The van der Waals surface area contributed by atoms with Crippen LogP contribution in [-0.2, 0) is 19.1 Å². The van der Waals surface area contributed by atoms with Crippen molar-refractivity contribution in [1.29, 1.82) is 0 Å². The first-order valence-corrected chi connectivity index (χ1v) is 8.54. The third kappa shape index (κ3) is 6.77. The van der Waals surface area contributed by atoms with Crippen LogP contribution in [0.2, 0.25) is 0 Å². The Morgan fingerprint density at radius 1 is 1.18 bits per heavy atom. The van der Waals surface area contributed by atoms with Gasteiger partial charge in [0.05, 0.1) is 13.5 Å². The Labute approximate surface area is 134 Å². The Bertz CT molecular complexity index is 346. The minimum absolute atomic E-state index is 0.156. The lowest BCUT2D eigenvalue weighted by molar-refractivity contribution is -0.145. The number of ether oxygens (including phenoxy) is 2. The third-order valence-electron chi connectivity index (χ3n) is 4.44. The molecule has 22 heavy (non-hydrogen) atoms. The van der Waals surface area contributed by atoms with Crippen molar-refractivity contribution in [2.24, 2.45) is 0 Å². The molecular formula is C17H31NO4. The van der Waals surface area contributed by atoms with Crippen molar-refractivity contribution in [3.8, 4) is 0 Å². The Kier molecular flexibility index (Phi) is 9.13. The molecule has 2 atom stereocenters. The fourth-order valence-electron chi connectivity index (χ4n) is 3.31. The van der Waals surface area contributed by atoms with E-state index in [0.717, 1.165) is 19.3 Å². The number of unbranched alkanes of at least 4 members (excludes halogenated alkanes) is 2. The maximum Gasteiger partial charge on any atom is 0.307 e. The van der Waals surface area contributed by atoms with Gasteiger partial charge in [0.1, 0.15) is 6.61 Å². The molecule has 1 rings (SSSR count). The van der Waals surface area contributed by atoms with Gasteiger partial charge in [-0.25, -0.2) is 0 Å². The monoisotopic (exact) mass is 313 g/mol. The molecule has 0 aromatic rings. The van der Waals surface area contributed by atoms with Crippen molar-refractivity contribution in [3.63, 3.8) is 0 Å². The van der Waals surface area contributed by atoms with Crippen LogP contribution < -0.4 is 0 Å². The molecule has 0 bridgehead atoms. The summed E-state index contributed by atoms with van der Waals surface area (Å²) in [5.74, 6) is -0.402. The van der Waals surface area contributed by atoms with Crippen LogP contribution in [0, 0.1) is 0 Å². The standard InChI is InChI=1S/C17H31NO4/c1-4-5-6-8-15-9-7-10-16(13-17(20)21-3)18(15)11-12-22-14(2)19/h15-16H,4-13H2,1-3H3/t15-,16+/m0/s1. The second kappa shape index (κ2) is 10.6. The van der Waals surface area contributed by atoms with Gasteiger partial charge in [-0.1, -0.05) is 32.6 Å². The summed E-state index contributed by atoms with van der Waals surface area (Å²) in [6.45, 7) is 4.75. The molecule has 0 unspecified atom stereocenters. The summed E-state index contributed by atoms with van der Waals surface area (Å²) in [5.41, 5.74) is 0. The van der Waals surface area contributed by atoms with Crippen molar-refractivity contribution in [2.45, 2.75) is 77.3 Å². The fraction of sp³-hybridized carbons (Fsp3) is 0.882. The molecule has 128 valence electrons. The van der Waals surface area contributed by atoms with Gasteiger partial charge in [0, 0.05) is 25.6 Å². The predicted molar refractivity (Wildman–Crippen MR) is 85.5 cm³/mol. The Morgan fingerprint density at radius 3 is 2.55 bits per heavy atom. The highest BCUT2D eigenvalue weighted by Crippen LogP contribution is 2.28. The van der Waals surface area contributed by atoms with Crippen molar-refractivity contribution in [1.82, 2.24) is 4.90 Å². The molecule has 0 aromatic heterocycles. The summed E-state index contributed by atoms with van der Waals surface area (Å²) in [4.78, 5) is 25.0. The number of carbonyl (C=O) groups is 2. The number of esters is 2. The van der Waals surface area contributed by atoms with Gasteiger partial charge in [-0.2, -0.15) is 0 Å². The second-order valence-corrected chi connectivity index (χ2v) is 6.09. The summed E-state index contributed by atoms with van der Waals surface area (Å²) >= 11 is 0. The van der Waals surface area contributed by atoms with E-state index >= 15 is 0 Å². The van der Waals surface area contributed by atoms with Crippen LogP contribution in [0.15, 0.2) is 0 Å². The number of hydrogen-bond donors (Lipinski definition) is 0. The van der Waals surface area contributed by atoms with Gasteiger partial charge in [0.2, 0.25) is 0 Å². The third-order valence-corrected chi connectivity index (χ3v) is 4.44. The number of hydrogen-bond acceptors (Lipinski definition) is 5. The zero-order chi connectivity index (χ0) is 16.4. The molecule has 1 fully saturated rings. The first kappa shape index (κ1) is 18.9. The van der Waals surface area contributed by atoms with Gasteiger partial charge in [0.15, 0.2) is 0 Å². The lowest BCUT2D eigenvalue weighted by Crippen LogP contribution is -2.49. The molecule has 0 aliphatic carbocycles. The first-order valence-electron chi connectivity index (χ1n) is 8.54. The zero-order valence-corrected chi connectivity index (χ0v) is 14.3. The van der Waals surface area contributed by atoms with E-state index in [9.17, 15) is 9.59 Å². The SMILES string of the molecule is CCCCC[C@H]1CCC[C@H](CC(=O)OC)N1CCOC(C)=O. The predicted octanol–water partition coefficient (Wildman–Crippen LogP) is 2.92. The summed E-state index contributed by atoms with van der Waals surface area (Å²) in [7, 11) is 1.44. The molecule has 5 heteroatoms. The molecule has 0 saturated carbocycles. The topological polar surface area (TPSA) is 55.8 Å². The van der Waals surface area contributed by atoms with E-state index < -0.39 is 0 Å². The molecule has 1 aliphatic rings. The highest BCUT2D eigenvalue weighted by atomic mass is 16.5. The van der Waals surface area contributed by atoms with Gasteiger partial charge in [-0.15, -0.1) is 0 Å². The minimum atomic E-state index is -0.246. The molecule has 0 N–H and O–H groups in total. The van der Waals surface area contributed by atoms with E-state index in [1.165, 1.54) is 39.7 Å². The maximum absolute atomic E-state index is 11.6. The van der Waals surface area contributed by atoms with Crippen LogP contribution in [0.25, 0.3) is 0 Å². The molecule has 0 radical (unpaired) electrons. The van der Waals surface area contributed by atoms with E-state index in [2.05, 4.69) is 11.8 Å². The van der Waals surface area contributed by atoms with E-state index in [4.69, 9.17) is 9.47 Å². The Hall–Kier alpha value is -1.10. The van der Waals surface area contributed by atoms with Gasteiger partial charge < -0.3 is 9.47 Å². The van der Waals surface area contributed by atoms with Crippen molar-refractivity contribution in [3.05, 3.63) is 0 Å². The summed E-state index contributed by atoms with van der Waals surface area (Å²) in [6.07, 6.45) is 8.60. The second-order valence-electron chi connectivity index (χ2n) is 6.09. The molecule has 1 aliphatic heterocycles. The minimum Gasteiger partial charge on any atom is -0.469 e. The normalized spacial score (nSPS) is 22.3. The van der Waals surface area contributed by atoms with E-state index in [0.29, 0.717) is 25.6 Å². The van der Waals surface area contributed by atoms with Crippen molar-refractivity contribution >= 4 is 11.9 Å². The number of rotatable bonds is 9. The molecule has 1 saturated heterocycles. The molecule has 0 spiro atoms. The molecule has 1 heterocycles. The molecule has 0 aromatic carbocycles. The fourth-order valence-corrected chi connectivity index (χ4v) is 3.31. The largest absolute Gasteiger partial charge is 0.469 e. The number of nitrogens with zero attached hydrogens (tertiary/aromatic N) is 1. The average Bonchev–Trinajstić information content (AvgIpc) is 2.49. The summed E-state index contributed by atoms with van der Waals surface area (Å²) in [6, 6.07) is 0.703. The quantitative estimate of drug-likeness (QED) is 0.484.